The second kappa shape index (κ2) is 12.4. The molecule has 3 aromatic carbocycles. The highest BCUT2D eigenvalue weighted by Crippen LogP contribution is 2.44. The molecule has 0 N–H and O–H groups in total. The molecule has 0 saturated heterocycles. The van der Waals surface area contributed by atoms with Gasteiger partial charge in [0.25, 0.3) is 5.91 Å². The van der Waals surface area contributed by atoms with E-state index in [1.807, 2.05) is 53.4 Å². The number of aromatic nitrogens is 1. The van der Waals surface area contributed by atoms with Gasteiger partial charge in [0.05, 0.1) is 29.1 Å². The number of para-hydroxylation sites is 2. The number of aryl methyl sites for hydroxylation is 1. The van der Waals surface area contributed by atoms with Crippen molar-refractivity contribution in [3.8, 4) is 0 Å². The number of hydrogen-bond acceptors (Lipinski definition) is 4. The molecule has 2 aliphatic rings. The van der Waals surface area contributed by atoms with Crippen molar-refractivity contribution in [3.63, 3.8) is 0 Å². The molecule has 0 fully saturated rings. The van der Waals surface area contributed by atoms with Gasteiger partial charge in [0.2, 0.25) is 0 Å². The maximum atomic E-state index is 13.5. The third kappa shape index (κ3) is 5.16. The molecule has 6 rings (SSSR count). The van der Waals surface area contributed by atoms with Crippen LogP contribution in [0.4, 0.5) is 5.69 Å². The Hall–Kier alpha value is -3.48. The van der Waals surface area contributed by atoms with Gasteiger partial charge in [0, 0.05) is 42.8 Å². The normalized spacial score (nSPS) is 16.0. The number of hydrogen-bond donors (Lipinski definition) is 0. The number of nitrogens with zero attached hydrogens (tertiary/aromatic N) is 3. The molecule has 3 heterocycles. The molecule has 1 atom stereocenters. The molecule has 4 aromatic rings. The van der Waals surface area contributed by atoms with E-state index >= 15 is 0 Å². The monoisotopic (exact) mass is 603 g/mol. The molecule has 2 aliphatic heterocycles. The lowest BCUT2D eigenvalue weighted by Gasteiger charge is -2.46. The third-order valence-corrected chi connectivity index (χ3v) is 9.13. The van der Waals surface area contributed by atoms with Crippen molar-refractivity contribution in [1.82, 2.24) is 9.47 Å². The van der Waals surface area contributed by atoms with Crippen LogP contribution in [-0.4, -0.2) is 53.3 Å². The summed E-state index contributed by atoms with van der Waals surface area (Å²) in [6, 6.07) is 23.9. The Balaban J connectivity index is 1.19. The van der Waals surface area contributed by atoms with Crippen LogP contribution in [0.15, 0.2) is 72.8 Å². The standard InChI is InChI=1S/C34H35Cl2N3O3/c1-37-29-9-4-3-8-28(29)33(40)39-21-17-27-26-7-2-5-10-30(26)38(31(27)32(37)39)20-6-22-42-34(41)25-13-11-23(12-14-25)24(15-18-35)16-19-36/h2-5,7-14,24,32H,6,15-22H2,1H3. The lowest BCUT2D eigenvalue weighted by atomic mass is 9.93. The van der Waals surface area contributed by atoms with E-state index in [2.05, 4.69) is 40.8 Å². The number of amides is 1. The fraction of sp³-hybridized carbons (Fsp3) is 0.353. The molecular formula is C34H35Cl2N3O3. The van der Waals surface area contributed by atoms with E-state index in [9.17, 15) is 9.59 Å². The van der Waals surface area contributed by atoms with Crippen LogP contribution in [-0.2, 0) is 17.7 Å². The molecule has 1 amide bonds. The number of anilines is 1. The Morgan fingerprint density at radius 1 is 0.976 bits per heavy atom. The predicted molar refractivity (Wildman–Crippen MR) is 169 cm³/mol. The first-order valence-corrected chi connectivity index (χ1v) is 15.7. The van der Waals surface area contributed by atoms with Crippen molar-refractivity contribution in [2.75, 3.05) is 36.9 Å². The first-order chi connectivity index (χ1) is 20.5. The van der Waals surface area contributed by atoms with Gasteiger partial charge in [0.15, 0.2) is 0 Å². The van der Waals surface area contributed by atoms with Crippen LogP contribution in [0.25, 0.3) is 10.9 Å². The SMILES string of the molecule is CN1c2ccccc2C(=O)N2CCc3c(n(CCCOC(=O)c4ccc(C(CCCl)CCCl)cc4)c4ccccc34)C21. The lowest BCUT2D eigenvalue weighted by molar-refractivity contribution is 0.0493. The van der Waals surface area contributed by atoms with E-state index in [0.717, 1.165) is 47.3 Å². The highest BCUT2D eigenvalue weighted by atomic mass is 35.5. The topological polar surface area (TPSA) is 54.8 Å². The zero-order valence-corrected chi connectivity index (χ0v) is 25.3. The van der Waals surface area contributed by atoms with Gasteiger partial charge in [-0.3, -0.25) is 4.79 Å². The summed E-state index contributed by atoms with van der Waals surface area (Å²) in [7, 11) is 2.07. The molecule has 1 unspecified atom stereocenters. The molecule has 0 aliphatic carbocycles. The van der Waals surface area contributed by atoms with Gasteiger partial charge in [-0.05, 0) is 73.1 Å². The van der Waals surface area contributed by atoms with E-state index in [1.165, 1.54) is 10.9 Å². The minimum atomic E-state index is -0.326. The summed E-state index contributed by atoms with van der Waals surface area (Å²) < 4.78 is 8.03. The van der Waals surface area contributed by atoms with Crippen LogP contribution < -0.4 is 4.90 Å². The number of carbonyl (C=O) groups is 2. The summed E-state index contributed by atoms with van der Waals surface area (Å²) in [5, 5.41) is 1.23. The molecule has 0 spiro atoms. The van der Waals surface area contributed by atoms with Gasteiger partial charge in [-0.15, -0.1) is 23.2 Å². The quantitative estimate of drug-likeness (QED) is 0.108. The minimum absolute atomic E-state index is 0.0766. The molecule has 0 bridgehead atoms. The summed E-state index contributed by atoms with van der Waals surface area (Å²) >= 11 is 11.9. The van der Waals surface area contributed by atoms with Gasteiger partial charge in [-0.1, -0.05) is 42.5 Å². The Morgan fingerprint density at radius 3 is 2.45 bits per heavy atom. The first kappa shape index (κ1) is 28.6. The van der Waals surface area contributed by atoms with E-state index < -0.39 is 0 Å². The average molecular weight is 605 g/mol. The third-order valence-electron chi connectivity index (χ3n) is 8.70. The Bertz CT molecular complexity index is 1590. The lowest BCUT2D eigenvalue weighted by Crippen LogP contribution is -2.51. The number of ether oxygens (including phenoxy) is 1. The summed E-state index contributed by atoms with van der Waals surface area (Å²) in [5.41, 5.74) is 6.97. The van der Waals surface area contributed by atoms with Crippen molar-refractivity contribution in [2.45, 2.75) is 44.3 Å². The Morgan fingerprint density at radius 2 is 1.69 bits per heavy atom. The van der Waals surface area contributed by atoms with Crippen molar-refractivity contribution in [1.29, 1.82) is 0 Å². The van der Waals surface area contributed by atoms with Gasteiger partial charge in [-0.25, -0.2) is 4.79 Å². The van der Waals surface area contributed by atoms with E-state index in [0.29, 0.717) is 43.4 Å². The van der Waals surface area contributed by atoms with E-state index in [1.54, 1.807) is 0 Å². The first-order valence-electron chi connectivity index (χ1n) is 14.6. The van der Waals surface area contributed by atoms with Gasteiger partial charge in [0.1, 0.15) is 6.17 Å². The fourth-order valence-electron chi connectivity index (χ4n) is 6.65. The molecule has 1 aromatic heterocycles. The number of halogens is 2. The van der Waals surface area contributed by atoms with E-state index in [4.69, 9.17) is 27.9 Å². The van der Waals surface area contributed by atoms with Crippen LogP contribution >= 0.6 is 23.2 Å². The number of esters is 1. The number of carbonyl (C=O) groups excluding carboxylic acids is 2. The summed E-state index contributed by atoms with van der Waals surface area (Å²) in [6.45, 7) is 1.65. The van der Waals surface area contributed by atoms with Crippen LogP contribution in [0.1, 0.15) is 68.9 Å². The number of alkyl halides is 2. The second-order valence-corrected chi connectivity index (χ2v) is 11.8. The van der Waals surface area contributed by atoms with Gasteiger partial charge < -0.3 is 19.1 Å². The molecular weight excluding hydrogens is 569 g/mol. The van der Waals surface area contributed by atoms with Crippen molar-refractivity contribution in [2.24, 2.45) is 0 Å². The highest BCUT2D eigenvalue weighted by Gasteiger charge is 2.42. The Labute approximate surface area is 256 Å². The molecule has 6 nitrogen and oxygen atoms in total. The van der Waals surface area contributed by atoms with Crippen molar-refractivity contribution >= 4 is 51.7 Å². The highest BCUT2D eigenvalue weighted by molar-refractivity contribution is 6.18. The molecule has 0 radical (unpaired) electrons. The van der Waals surface area contributed by atoms with Crippen molar-refractivity contribution in [3.05, 3.63) is 101 Å². The summed E-state index contributed by atoms with van der Waals surface area (Å²) in [6.07, 6.45) is 2.98. The minimum Gasteiger partial charge on any atom is -0.462 e. The maximum absolute atomic E-state index is 13.5. The molecule has 8 heteroatoms. The zero-order chi connectivity index (χ0) is 29.2. The smallest absolute Gasteiger partial charge is 0.338 e. The Kier molecular flexibility index (Phi) is 8.45. The number of fused-ring (bicyclic) bond motifs is 6. The predicted octanol–water partition coefficient (Wildman–Crippen LogP) is 7.38. The van der Waals surface area contributed by atoms with Crippen LogP contribution in [0.5, 0.6) is 0 Å². The van der Waals surface area contributed by atoms with Crippen LogP contribution in [0.2, 0.25) is 0 Å². The molecule has 0 saturated carbocycles. The summed E-state index contributed by atoms with van der Waals surface area (Å²) in [5.74, 6) is 1.18. The number of benzene rings is 3. The van der Waals surface area contributed by atoms with Crippen LogP contribution in [0, 0.1) is 0 Å². The fourth-order valence-corrected chi connectivity index (χ4v) is 7.18. The largest absolute Gasteiger partial charge is 0.462 e. The molecule has 42 heavy (non-hydrogen) atoms. The van der Waals surface area contributed by atoms with Gasteiger partial charge >= 0.3 is 5.97 Å². The van der Waals surface area contributed by atoms with Crippen molar-refractivity contribution < 1.29 is 14.3 Å². The average Bonchev–Trinajstić information content (AvgIpc) is 3.35. The summed E-state index contributed by atoms with van der Waals surface area (Å²) in [4.78, 5) is 30.6. The van der Waals surface area contributed by atoms with Crippen LogP contribution in [0.3, 0.4) is 0 Å². The molecule has 218 valence electrons. The second-order valence-electron chi connectivity index (χ2n) is 11.0. The van der Waals surface area contributed by atoms with Gasteiger partial charge in [-0.2, -0.15) is 0 Å². The van der Waals surface area contributed by atoms with E-state index in [-0.39, 0.29) is 24.0 Å². The number of rotatable bonds is 10. The maximum Gasteiger partial charge on any atom is 0.338 e. The zero-order valence-electron chi connectivity index (χ0n) is 23.8.